The summed E-state index contributed by atoms with van der Waals surface area (Å²) in [6.07, 6.45) is 1.71. The number of hydrogen-bond acceptors (Lipinski definition) is 1. The smallest absolute Gasteiger partial charge is 0.126 e. The molecule has 1 aromatic carbocycles. The Morgan fingerprint density at radius 1 is 1.53 bits per heavy atom. The summed E-state index contributed by atoms with van der Waals surface area (Å²) in [4.78, 5) is 0. The number of ether oxygens (including phenoxy) is 1. The van der Waals surface area contributed by atoms with Crippen LogP contribution in [0, 0.1) is 5.92 Å². The molecule has 0 unspecified atom stereocenters. The monoisotopic (exact) mass is 207 g/mol. The van der Waals surface area contributed by atoms with Crippen molar-refractivity contribution in [3.63, 3.8) is 0 Å². The SMILES string of the molecule is C=Cc1c(OCC)cccc1[C](C)CF. The lowest BCUT2D eigenvalue weighted by atomic mass is 9.96. The summed E-state index contributed by atoms with van der Waals surface area (Å²) in [6, 6.07) is 5.62. The maximum atomic E-state index is 12.6. The molecule has 0 aromatic heterocycles. The highest BCUT2D eigenvalue weighted by Gasteiger charge is 2.12. The zero-order chi connectivity index (χ0) is 11.3. The lowest BCUT2D eigenvalue weighted by Gasteiger charge is -2.14. The topological polar surface area (TPSA) is 9.23 Å². The molecule has 1 rings (SSSR count). The highest BCUT2D eigenvalue weighted by atomic mass is 19.1. The fourth-order valence-corrected chi connectivity index (χ4v) is 1.48. The van der Waals surface area contributed by atoms with Gasteiger partial charge < -0.3 is 4.74 Å². The van der Waals surface area contributed by atoms with Gasteiger partial charge >= 0.3 is 0 Å². The minimum Gasteiger partial charge on any atom is -0.493 e. The molecule has 2 heteroatoms. The molecule has 0 amide bonds. The molecule has 1 nitrogen and oxygen atoms in total. The quantitative estimate of drug-likeness (QED) is 0.716. The molecule has 1 radical (unpaired) electrons. The van der Waals surface area contributed by atoms with E-state index in [4.69, 9.17) is 4.74 Å². The minimum atomic E-state index is -0.448. The average Bonchev–Trinajstić information content (AvgIpc) is 2.28. The van der Waals surface area contributed by atoms with Crippen molar-refractivity contribution in [1.29, 1.82) is 0 Å². The molecule has 15 heavy (non-hydrogen) atoms. The van der Waals surface area contributed by atoms with Crippen LogP contribution >= 0.6 is 0 Å². The Hall–Kier alpha value is -1.31. The molecule has 0 fully saturated rings. The second kappa shape index (κ2) is 5.54. The van der Waals surface area contributed by atoms with Crippen molar-refractivity contribution in [2.75, 3.05) is 13.3 Å². The van der Waals surface area contributed by atoms with Crippen LogP contribution in [0.5, 0.6) is 5.75 Å². The largest absolute Gasteiger partial charge is 0.493 e. The summed E-state index contributed by atoms with van der Waals surface area (Å²) in [6.45, 7) is 7.58. The van der Waals surface area contributed by atoms with Crippen LogP contribution in [0.3, 0.4) is 0 Å². The van der Waals surface area contributed by atoms with Crippen molar-refractivity contribution < 1.29 is 9.13 Å². The maximum absolute atomic E-state index is 12.6. The lowest BCUT2D eigenvalue weighted by molar-refractivity contribution is 0.339. The van der Waals surface area contributed by atoms with Gasteiger partial charge in [0.1, 0.15) is 5.75 Å². The van der Waals surface area contributed by atoms with Crippen LogP contribution in [0.25, 0.3) is 6.08 Å². The fraction of sp³-hybridized carbons (Fsp3) is 0.308. The molecule has 0 saturated carbocycles. The molecule has 0 heterocycles. The predicted molar refractivity (Wildman–Crippen MR) is 61.7 cm³/mol. The predicted octanol–water partition coefficient (Wildman–Crippen LogP) is 3.64. The summed E-state index contributed by atoms with van der Waals surface area (Å²) in [5.74, 6) is 1.46. The molecular weight excluding hydrogens is 191 g/mol. The van der Waals surface area contributed by atoms with Crippen molar-refractivity contribution in [2.24, 2.45) is 0 Å². The van der Waals surface area contributed by atoms with E-state index >= 15 is 0 Å². The van der Waals surface area contributed by atoms with Crippen LogP contribution in [0.4, 0.5) is 4.39 Å². The van der Waals surface area contributed by atoms with Gasteiger partial charge in [-0.15, -0.1) is 0 Å². The first-order valence-corrected chi connectivity index (χ1v) is 5.01. The van der Waals surface area contributed by atoms with Gasteiger partial charge in [-0.3, -0.25) is 4.39 Å². The zero-order valence-electron chi connectivity index (χ0n) is 9.22. The lowest BCUT2D eigenvalue weighted by Crippen LogP contribution is -2.02. The molecule has 0 aliphatic heterocycles. The van der Waals surface area contributed by atoms with Gasteiger partial charge in [0, 0.05) is 11.5 Å². The van der Waals surface area contributed by atoms with Gasteiger partial charge in [0.15, 0.2) is 0 Å². The Kier molecular flexibility index (Phi) is 4.35. The van der Waals surface area contributed by atoms with Gasteiger partial charge in [0.25, 0.3) is 0 Å². The van der Waals surface area contributed by atoms with E-state index < -0.39 is 6.67 Å². The molecule has 0 N–H and O–H groups in total. The summed E-state index contributed by atoms with van der Waals surface area (Å²) in [5, 5.41) is 0. The Morgan fingerprint density at radius 3 is 2.80 bits per heavy atom. The maximum Gasteiger partial charge on any atom is 0.126 e. The molecule has 0 atom stereocenters. The van der Waals surface area contributed by atoms with E-state index in [2.05, 4.69) is 6.58 Å². The first-order valence-electron chi connectivity index (χ1n) is 5.01. The van der Waals surface area contributed by atoms with E-state index in [9.17, 15) is 4.39 Å². The Morgan fingerprint density at radius 2 is 2.27 bits per heavy atom. The normalized spacial score (nSPS) is 10.4. The second-order valence-electron chi connectivity index (χ2n) is 3.27. The van der Waals surface area contributed by atoms with Crippen LogP contribution in [0.2, 0.25) is 0 Å². The molecule has 0 saturated heterocycles. The van der Waals surface area contributed by atoms with Crippen molar-refractivity contribution in [3.05, 3.63) is 41.8 Å². The van der Waals surface area contributed by atoms with Gasteiger partial charge in [0.05, 0.1) is 13.3 Å². The number of benzene rings is 1. The third-order valence-electron chi connectivity index (χ3n) is 2.23. The van der Waals surface area contributed by atoms with Crippen LogP contribution in [-0.2, 0) is 0 Å². The van der Waals surface area contributed by atoms with Crippen molar-refractivity contribution in [3.8, 4) is 5.75 Å². The number of halogens is 1. The highest BCUT2D eigenvalue weighted by molar-refractivity contribution is 5.63. The fourth-order valence-electron chi connectivity index (χ4n) is 1.48. The van der Waals surface area contributed by atoms with Crippen LogP contribution in [0.1, 0.15) is 25.0 Å². The van der Waals surface area contributed by atoms with E-state index in [0.29, 0.717) is 12.5 Å². The third-order valence-corrected chi connectivity index (χ3v) is 2.23. The standard InChI is InChI=1S/C13H16FO/c1-4-11-12(10(3)9-14)7-6-8-13(11)15-5-2/h4,6-8H,1,5,9H2,2-3H3. The summed E-state index contributed by atoms with van der Waals surface area (Å²) >= 11 is 0. The van der Waals surface area contributed by atoms with E-state index in [1.165, 1.54) is 0 Å². The Labute approximate surface area is 90.6 Å². The van der Waals surface area contributed by atoms with Gasteiger partial charge in [0.2, 0.25) is 0 Å². The second-order valence-corrected chi connectivity index (χ2v) is 3.27. The van der Waals surface area contributed by atoms with Crippen molar-refractivity contribution in [2.45, 2.75) is 13.8 Å². The van der Waals surface area contributed by atoms with E-state index in [-0.39, 0.29) is 0 Å². The summed E-state index contributed by atoms with van der Waals surface area (Å²) in [5.41, 5.74) is 1.74. The number of rotatable bonds is 5. The summed E-state index contributed by atoms with van der Waals surface area (Å²) in [7, 11) is 0. The van der Waals surface area contributed by atoms with Gasteiger partial charge in [-0.1, -0.05) is 31.7 Å². The zero-order valence-corrected chi connectivity index (χ0v) is 9.22. The molecule has 0 aliphatic carbocycles. The first-order chi connectivity index (χ1) is 7.24. The number of alkyl halides is 1. The molecular formula is C13H16FO. The first kappa shape index (κ1) is 11.8. The highest BCUT2D eigenvalue weighted by Crippen LogP contribution is 2.28. The van der Waals surface area contributed by atoms with Crippen molar-refractivity contribution in [1.82, 2.24) is 0 Å². The third kappa shape index (κ3) is 2.58. The van der Waals surface area contributed by atoms with Gasteiger partial charge in [-0.2, -0.15) is 0 Å². The number of hydrogen-bond donors (Lipinski definition) is 0. The van der Waals surface area contributed by atoms with Crippen LogP contribution in [-0.4, -0.2) is 13.3 Å². The Balaban J connectivity index is 3.15. The Bertz CT molecular complexity index is 333. The van der Waals surface area contributed by atoms with Crippen LogP contribution < -0.4 is 4.74 Å². The average molecular weight is 207 g/mol. The molecule has 81 valence electrons. The van der Waals surface area contributed by atoms with Gasteiger partial charge in [-0.25, -0.2) is 0 Å². The summed E-state index contributed by atoms with van der Waals surface area (Å²) < 4.78 is 18.1. The van der Waals surface area contributed by atoms with Crippen molar-refractivity contribution >= 4 is 6.08 Å². The van der Waals surface area contributed by atoms with Crippen LogP contribution in [0.15, 0.2) is 24.8 Å². The molecule has 0 aliphatic rings. The molecule has 1 aromatic rings. The van der Waals surface area contributed by atoms with E-state index in [0.717, 1.165) is 16.9 Å². The molecule has 0 bridgehead atoms. The van der Waals surface area contributed by atoms with E-state index in [1.807, 2.05) is 25.1 Å². The van der Waals surface area contributed by atoms with Gasteiger partial charge in [-0.05, 0) is 18.6 Å². The minimum absolute atomic E-state index is 0.448. The van der Waals surface area contributed by atoms with E-state index in [1.54, 1.807) is 13.0 Å². The molecule has 0 spiro atoms.